The molecule has 150 valence electrons. The standard InChI is InChI=1S/C20H26FN5O2/c1-13(10-18(22)27)14-4-6-15(7-5-14)28-16-8-9-26(12-16)19-17(21)11-23-20(24-19)25(2)3/h4-7,11,13,16H,8-10,12H2,1-3H3,(H2,22,27)/t13-,16+/m0/s1. The molecule has 8 heteroatoms. The van der Waals surface area contributed by atoms with Crippen molar-refractivity contribution in [1.29, 1.82) is 0 Å². The van der Waals surface area contributed by atoms with Gasteiger partial charge < -0.3 is 20.3 Å². The summed E-state index contributed by atoms with van der Waals surface area (Å²) in [5.74, 6) is 0.855. The first-order chi connectivity index (χ1) is 13.3. The van der Waals surface area contributed by atoms with E-state index >= 15 is 0 Å². The van der Waals surface area contributed by atoms with Gasteiger partial charge >= 0.3 is 0 Å². The van der Waals surface area contributed by atoms with Crippen LogP contribution in [0.15, 0.2) is 30.5 Å². The lowest BCUT2D eigenvalue weighted by atomic mass is 9.97. The van der Waals surface area contributed by atoms with E-state index in [0.717, 1.165) is 17.7 Å². The van der Waals surface area contributed by atoms with Crippen LogP contribution >= 0.6 is 0 Å². The van der Waals surface area contributed by atoms with Gasteiger partial charge in [-0.3, -0.25) is 4.79 Å². The number of amides is 1. The van der Waals surface area contributed by atoms with Crippen LogP contribution in [0.2, 0.25) is 0 Å². The number of anilines is 2. The highest BCUT2D eigenvalue weighted by molar-refractivity contribution is 5.74. The van der Waals surface area contributed by atoms with Gasteiger partial charge in [-0.2, -0.15) is 4.98 Å². The van der Waals surface area contributed by atoms with Crippen LogP contribution in [-0.4, -0.2) is 49.2 Å². The van der Waals surface area contributed by atoms with Gasteiger partial charge in [-0.1, -0.05) is 19.1 Å². The van der Waals surface area contributed by atoms with E-state index in [9.17, 15) is 9.18 Å². The molecule has 0 aliphatic carbocycles. The number of primary amides is 1. The van der Waals surface area contributed by atoms with Crippen LogP contribution in [0.5, 0.6) is 5.75 Å². The van der Waals surface area contributed by atoms with E-state index < -0.39 is 5.82 Å². The zero-order valence-corrected chi connectivity index (χ0v) is 16.4. The SMILES string of the molecule is C[C@@H](CC(N)=O)c1ccc(O[C@@H]2CCN(c3nc(N(C)C)ncc3F)C2)cc1. The van der Waals surface area contributed by atoms with Crippen LogP contribution in [0.25, 0.3) is 0 Å². The molecule has 1 aromatic carbocycles. The number of aromatic nitrogens is 2. The van der Waals surface area contributed by atoms with Gasteiger partial charge in [0.1, 0.15) is 11.9 Å². The summed E-state index contributed by atoms with van der Waals surface area (Å²) < 4.78 is 20.2. The van der Waals surface area contributed by atoms with Crippen molar-refractivity contribution in [1.82, 2.24) is 9.97 Å². The Morgan fingerprint density at radius 2 is 2.11 bits per heavy atom. The van der Waals surface area contributed by atoms with E-state index in [1.165, 1.54) is 6.20 Å². The fraction of sp³-hybridized carbons (Fsp3) is 0.450. The Balaban J connectivity index is 1.62. The number of halogens is 1. The minimum atomic E-state index is -0.431. The van der Waals surface area contributed by atoms with Crippen molar-refractivity contribution in [2.75, 3.05) is 37.0 Å². The molecular formula is C20H26FN5O2. The summed E-state index contributed by atoms with van der Waals surface area (Å²) in [4.78, 5) is 23.0. The predicted molar refractivity (Wildman–Crippen MR) is 106 cm³/mol. The zero-order chi connectivity index (χ0) is 20.3. The molecule has 0 saturated carbocycles. The lowest BCUT2D eigenvalue weighted by Gasteiger charge is -2.20. The minimum absolute atomic E-state index is 0.0499. The van der Waals surface area contributed by atoms with E-state index in [0.29, 0.717) is 31.3 Å². The molecular weight excluding hydrogens is 361 g/mol. The van der Waals surface area contributed by atoms with Crippen LogP contribution < -0.4 is 20.3 Å². The predicted octanol–water partition coefficient (Wildman–Crippen LogP) is 2.32. The molecule has 0 bridgehead atoms. The fourth-order valence-corrected chi connectivity index (χ4v) is 3.29. The van der Waals surface area contributed by atoms with Crippen molar-refractivity contribution in [3.8, 4) is 5.75 Å². The maximum absolute atomic E-state index is 14.2. The molecule has 3 rings (SSSR count). The molecule has 1 amide bonds. The average Bonchev–Trinajstić information content (AvgIpc) is 3.10. The lowest BCUT2D eigenvalue weighted by Crippen LogP contribution is -2.27. The number of nitrogens with zero attached hydrogens (tertiary/aromatic N) is 4. The summed E-state index contributed by atoms with van der Waals surface area (Å²) in [5.41, 5.74) is 6.30. The van der Waals surface area contributed by atoms with Gasteiger partial charge in [0.25, 0.3) is 0 Å². The Hall–Kier alpha value is -2.90. The van der Waals surface area contributed by atoms with Gasteiger partial charge in [0.05, 0.1) is 12.7 Å². The molecule has 28 heavy (non-hydrogen) atoms. The number of hydrogen-bond donors (Lipinski definition) is 1. The number of nitrogens with two attached hydrogens (primary N) is 1. The van der Waals surface area contributed by atoms with Crippen molar-refractivity contribution < 1.29 is 13.9 Å². The highest BCUT2D eigenvalue weighted by atomic mass is 19.1. The molecule has 1 aliphatic rings. The van der Waals surface area contributed by atoms with Crippen molar-refractivity contribution in [2.24, 2.45) is 5.73 Å². The van der Waals surface area contributed by atoms with Gasteiger partial charge in [-0.05, 0) is 23.6 Å². The lowest BCUT2D eigenvalue weighted by molar-refractivity contribution is -0.118. The van der Waals surface area contributed by atoms with Crippen molar-refractivity contribution >= 4 is 17.7 Å². The summed E-state index contributed by atoms with van der Waals surface area (Å²) in [6.07, 6.45) is 2.25. The maximum Gasteiger partial charge on any atom is 0.226 e. The Morgan fingerprint density at radius 3 is 2.75 bits per heavy atom. The molecule has 0 radical (unpaired) electrons. The Morgan fingerprint density at radius 1 is 1.39 bits per heavy atom. The first-order valence-electron chi connectivity index (χ1n) is 9.33. The third kappa shape index (κ3) is 4.68. The van der Waals surface area contributed by atoms with E-state index in [4.69, 9.17) is 10.5 Å². The fourth-order valence-electron chi connectivity index (χ4n) is 3.29. The number of carbonyl (C=O) groups is 1. The van der Waals surface area contributed by atoms with Crippen LogP contribution in [0.1, 0.15) is 31.2 Å². The first kappa shape index (κ1) is 19.9. The molecule has 1 aromatic heterocycles. The zero-order valence-electron chi connectivity index (χ0n) is 16.4. The minimum Gasteiger partial charge on any atom is -0.489 e. The van der Waals surface area contributed by atoms with Crippen molar-refractivity contribution in [3.63, 3.8) is 0 Å². The number of benzene rings is 1. The summed E-state index contributed by atoms with van der Waals surface area (Å²) in [5, 5.41) is 0. The second-order valence-electron chi connectivity index (χ2n) is 7.35. The largest absolute Gasteiger partial charge is 0.489 e. The van der Waals surface area contributed by atoms with Crippen LogP contribution in [0.4, 0.5) is 16.2 Å². The van der Waals surface area contributed by atoms with E-state index in [2.05, 4.69) is 9.97 Å². The Labute approximate surface area is 164 Å². The van der Waals surface area contributed by atoms with Gasteiger partial charge in [0.15, 0.2) is 11.6 Å². The highest BCUT2D eigenvalue weighted by Crippen LogP contribution is 2.27. The summed E-state index contributed by atoms with van der Waals surface area (Å²) in [7, 11) is 3.64. The second kappa shape index (κ2) is 8.41. The van der Waals surface area contributed by atoms with E-state index in [1.807, 2.05) is 50.2 Å². The van der Waals surface area contributed by atoms with Crippen LogP contribution in [0, 0.1) is 5.82 Å². The maximum atomic E-state index is 14.2. The normalized spacial score (nSPS) is 17.4. The Bertz CT molecular complexity index is 828. The number of rotatable bonds is 7. The molecule has 2 atom stereocenters. The first-order valence-corrected chi connectivity index (χ1v) is 9.33. The van der Waals surface area contributed by atoms with Gasteiger partial charge in [-0.25, -0.2) is 9.37 Å². The molecule has 0 unspecified atom stereocenters. The molecule has 2 N–H and O–H groups in total. The number of carbonyl (C=O) groups excluding carboxylic acids is 1. The van der Waals surface area contributed by atoms with Crippen molar-refractivity contribution in [3.05, 3.63) is 41.8 Å². The molecule has 1 saturated heterocycles. The molecule has 2 heterocycles. The smallest absolute Gasteiger partial charge is 0.226 e. The molecule has 0 spiro atoms. The van der Waals surface area contributed by atoms with Gasteiger partial charge in [-0.15, -0.1) is 0 Å². The molecule has 1 fully saturated rings. The van der Waals surface area contributed by atoms with Crippen molar-refractivity contribution in [2.45, 2.75) is 31.8 Å². The molecule has 2 aromatic rings. The summed E-state index contributed by atoms with van der Waals surface area (Å²) in [6.45, 7) is 3.19. The van der Waals surface area contributed by atoms with Gasteiger partial charge in [0.2, 0.25) is 11.9 Å². The van der Waals surface area contributed by atoms with Crippen LogP contribution in [-0.2, 0) is 4.79 Å². The van der Waals surface area contributed by atoms with E-state index in [1.54, 1.807) is 4.90 Å². The number of ether oxygens (including phenoxy) is 1. The highest BCUT2D eigenvalue weighted by Gasteiger charge is 2.27. The average molecular weight is 387 g/mol. The summed E-state index contributed by atoms with van der Waals surface area (Å²) >= 11 is 0. The summed E-state index contributed by atoms with van der Waals surface area (Å²) in [6, 6.07) is 7.68. The third-order valence-electron chi connectivity index (χ3n) is 4.82. The molecule has 1 aliphatic heterocycles. The van der Waals surface area contributed by atoms with Gasteiger partial charge in [0, 0.05) is 33.5 Å². The Kier molecular flexibility index (Phi) is 5.96. The quantitative estimate of drug-likeness (QED) is 0.785. The van der Waals surface area contributed by atoms with Crippen LogP contribution in [0.3, 0.4) is 0 Å². The topological polar surface area (TPSA) is 84.6 Å². The molecule has 7 nitrogen and oxygen atoms in total. The second-order valence-corrected chi connectivity index (χ2v) is 7.35. The monoisotopic (exact) mass is 387 g/mol. The number of hydrogen-bond acceptors (Lipinski definition) is 6. The van der Waals surface area contributed by atoms with E-state index in [-0.39, 0.29) is 17.9 Å². The third-order valence-corrected chi connectivity index (χ3v) is 4.82.